The van der Waals surface area contributed by atoms with Crippen LogP contribution in [0, 0.1) is 10.1 Å². The number of nitro groups is 1. The van der Waals surface area contributed by atoms with E-state index in [9.17, 15) is 14.9 Å². The third-order valence-electron chi connectivity index (χ3n) is 3.10. The zero-order chi connectivity index (χ0) is 19.3. The van der Waals surface area contributed by atoms with Gasteiger partial charge in [0.25, 0.3) is 5.69 Å². The number of ether oxygens (including phenoxy) is 3. The fraction of sp³-hybridized carbons (Fsp3) is 0.278. The topological polar surface area (TPSA) is 99.9 Å². The number of nitrogens with one attached hydrogen (secondary N) is 1. The van der Waals surface area contributed by atoms with Gasteiger partial charge in [0.05, 0.1) is 18.1 Å². The van der Waals surface area contributed by atoms with Crippen molar-refractivity contribution in [2.45, 2.75) is 26.3 Å². The zero-order valence-electron chi connectivity index (χ0n) is 14.9. The van der Waals surface area contributed by atoms with E-state index in [0.29, 0.717) is 17.2 Å². The number of benzene rings is 2. The van der Waals surface area contributed by atoms with E-state index in [1.807, 2.05) is 20.8 Å². The summed E-state index contributed by atoms with van der Waals surface area (Å²) in [5.41, 5.74) is -0.491. The minimum Gasteiger partial charge on any atom is -0.493 e. The number of carbonyl (C=O) groups excluding carboxylic acids is 1. The highest BCUT2D eigenvalue weighted by molar-refractivity contribution is 5.71. The van der Waals surface area contributed by atoms with E-state index >= 15 is 0 Å². The molecule has 0 radical (unpaired) electrons. The van der Waals surface area contributed by atoms with E-state index in [1.165, 1.54) is 25.3 Å². The smallest absolute Gasteiger partial charge is 0.413 e. The molecule has 8 heteroatoms. The molecule has 26 heavy (non-hydrogen) atoms. The summed E-state index contributed by atoms with van der Waals surface area (Å²) < 4.78 is 16.0. The SMILES string of the molecule is COc1cc([N+](=O)[O-])ccc1Oc1ccc(OC(=O)NC(C)(C)C)cc1. The third kappa shape index (κ3) is 5.37. The number of hydrogen-bond acceptors (Lipinski definition) is 6. The van der Waals surface area contributed by atoms with Gasteiger partial charge in [-0.25, -0.2) is 4.79 Å². The molecule has 0 heterocycles. The van der Waals surface area contributed by atoms with Gasteiger partial charge >= 0.3 is 6.09 Å². The van der Waals surface area contributed by atoms with Crippen LogP contribution in [-0.4, -0.2) is 23.7 Å². The second-order valence-corrected chi connectivity index (χ2v) is 6.43. The molecule has 0 atom stereocenters. The lowest BCUT2D eigenvalue weighted by Crippen LogP contribution is -2.42. The number of amides is 1. The quantitative estimate of drug-likeness (QED) is 0.631. The minimum atomic E-state index is -0.553. The maximum Gasteiger partial charge on any atom is 0.413 e. The highest BCUT2D eigenvalue weighted by atomic mass is 16.6. The van der Waals surface area contributed by atoms with Gasteiger partial charge in [-0.15, -0.1) is 0 Å². The molecule has 1 N–H and O–H groups in total. The Morgan fingerprint density at radius 3 is 2.19 bits per heavy atom. The van der Waals surface area contributed by atoms with Crippen LogP contribution in [0.4, 0.5) is 10.5 Å². The first-order chi connectivity index (χ1) is 12.2. The van der Waals surface area contributed by atoms with Gasteiger partial charge in [0.1, 0.15) is 11.5 Å². The highest BCUT2D eigenvalue weighted by Crippen LogP contribution is 2.34. The molecule has 2 aromatic rings. The summed E-state index contributed by atoms with van der Waals surface area (Å²) in [6, 6.07) is 10.4. The van der Waals surface area contributed by atoms with Gasteiger partial charge in [0.15, 0.2) is 11.5 Å². The summed E-state index contributed by atoms with van der Waals surface area (Å²) in [5.74, 6) is 1.39. The maximum absolute atomic E-state index is 11.7. The van der Waals surface area contributed by atoms with Gasteiger partial charge in [-0.1, -0.05) is 0 Å². The van der Waals surface area contributed by atoms with Gasteiger partial charge in [0.2, 0.25) is 0 Å². The fourth-order valence-electron chi connectivity index (χ4n) is 2.00. The predicted octanol–water partition coefficient (Wildman–Crippen LogP) is 4.28. The second-order valence-electron chi connectivity index (χ2n) is 6.43. The molecular formula is C18H20N2O6. The van der Waals surface area contributed by atoms with Crippen LogP contribution in [0.1, 0.15) is 20.8 Å². The first-order valence-corrected chi connectivity index (χ1v) is 7.78. The van der Waals surface area contributed by atoms with Gasteiger partial charge in [-0.05, 0) is 51.1 Å². The number of hydrogen-bond donors (Lipinski definition) is 1. The van der Waals surface area contributed by atoms with Crippen LogP contribution in [0.3, 0.4) is 0 Å². The summed E-state index contributed by atoms with van der Waals surface area (Å²) in [4.78, 5) is 22.0. The molecule has 2 aromatic carbocycles. The number of methoxy groups -OCH3 is 1. The highest BCUT2D eigenvalue weighted by Gasteiger charge is 2.16. The standard InChI is InChI=1S/C18H20N2O6/c1-18(2,3)19-17(21)26-14-8-6-13(7-9-14)25-15-10-5-12(20(22)23)11-16(15)24-4/h5-11H,1-4H3,(H,19,21). The molecular weight excluding hydrogens is 340 g/mol. The number of non-ortho nitro benzene ring substituents is 1. The van der Waals surface area contributed by atoms with Gasteiger partial charge in [-0.2, -0.15) is 0 Å². The van der Waals surface area contributed by atoms with E-state index in [-0.39, 0.29) is 11.4 Å². The Morgan fingerprint density at radius 1 is 1.04 bits per heavy atom. The van der Waals surface area contributed by atoms with Crippen LogP contribution in [0.5, 0.6) is 23.0 Å². The molecule has 138 valence electrons. The lowest BCUT2D eigenvalue weighted by atomic mass is 10.1. The Bertz CT molecular complexity index is 796. The molecule has 0 aliphatic heterocycles. The average Bonchev–Trinajstić information content (AvgIpc) is 2.55. The Labute approximate surface area is 150 Å². The summed E-state index contributed by atoms with van der Waals surface area (Å²) in [7, 11) is 1.40. The van der Waals surface area contributed by atoms with E-state index in [4.69, 9.17) is 14.2 Å². The van der Waals surface area contributed by atoms with Crippen molar-refractivity contribution in [3.05, 3.63) is 52.6 Å². The summed E-state index contributed by atoms with van der Waals surface area (Å²) in [6.07, 6.45) is -0.553. The molecule has 8 nitrogen and oxygen atoms in total. The summed E-state index contributed by atoms with van der Waals surface area (Å²) in [5, 5.41) is 13.5. The van der Waals surface area contributed by atoms with Crippen molar-refractivity contribution in [1.29, 1.82) is 0 Å². The number of nitro benzene ring substituents is 1. The molecule has 0 aromatic heterocycles. The predicted molar refractivity (Wildman–Crippen MR) is 95.1 cm³/mol. The summed E-state index contributed by atoms with van der Waals surface area (Å²) >= 11 is 0. The first-order valence-electron chi connectivity index (χ1n) is 7.78. The van der Waals surface area contributed by atoms with Crippen molar-refractivity contribution < 1.29 is 23.9 Å². The average molecular weight is 360 g/mol. The molecule has 0 aliphatic rings. The largest absolute Gasteiger partial charge is 0.493 e. The third-order valence-corrected chi connectivity index (χ3v) is 3.10. The van der Waals surface area contributed by atoms with E-state index in [0.717, 1.165) is 0 Å². The van der Waals surface area contributed by atoms with Crippen LogP contribution in [0.25, 0.3) is 0 Å². The lowest BCUT2D eigenvalue weighted by molar-refractivity contribution is -0.384. The fourth-order valence-corrected chi connectivity index (χ4v) is 2.00. The van der Waals surface area contributed by atoms with Crippen molar-refractivity contribution in [3.63, 3.8) is 0 Å². The molecule has 2 rings (SSSR count). The van der Waals surface area contributed by atoms with Crippen molar-refractivity contribution in [2.75, 3.05) is 7.11 Å². The van der Waals surface area contributed by atoms with Gasteiger partial charge in [0, 0.05) is 11.6 Å². The first kappa shape index (κ1) is 19.0. The number of rotatable bonds is 5. The van der Waals surface area contributed by atoms with Crippen LogP contribution >= 0.6 is 0 Å². The molecule has 0 aliphatic carbocycles. The van der Waals surface area contributed by atoms with Crippen molar-refractivity contribution in [2.24, 2.45) is 0 Å². The van der Waals surface area contributed by atoms with Crippen LogP contribution in [0.2, 0.25) is 0 Å². The molecule has 0 spiro atoms. The number of nitrogens with zero attached hydrogens (tertiary/aromatic N) is 1. The molecule has 0 fully saturated rings. The molecule has 1 amide bonds. The van der Waals surface area contributed by atoms with Crippen LogP contribution in [0.15, 0.2) is 42.5 Å². The molecule has 0 saturated heterocycles. The second kappa shape index (κ2) is 7.73. The zero-order valence-corrected chi connectivity index (χ0v) is 14.9. The van der Waals surface area contributed by atoms with Crippen molar-refractivity contribution >= 4 is 11.8 Å². The molecule has 0 saturated carbocycles. The van der Waals surface area contributed by atoms with E-state index in [2.05, 4.69) is 5.32 Å². The van der Waals surface area contributed by atoms with Crippen LogP contribution < -0.4 is 19.5 Å². The Morgan fingerprint density at radius 2 is 1.65 bits per heavy atom. The van der Waals surface area contributed by atoms with Crippen molar-refractivity contribution in [1.82, 2.24) is 5.32 Å². The van der Waals surface area contributed by atoms with Crippen LogP contribution in [-0.2, 0) is 0 Å². The monoisotopic (exact) mass is 360 g/mol. The lowest BCUT2D eigenvalue weighted by Gasteiger charge is -2.19. The number of carbonyl (C=O) groups is 1. The van der Waals surface area contributed by atoms with Crippen molar-refractivity contribution in [3.8, 4) is 23.0 Å². The normalized spacial score (nSPS) is 10.8. The Kier molecular flexibility index (Phi) is 5.66. The Balaban J connectivity index is 2.07. The molecule has 0 unspecified atom stereocenters. The molecule has 0 bridgehead atoms. The van der Waals surface area contributed by atoms with E-state index < -0.39 is 16.6 Å². The summed E-state index contributed by atoms with van der Waals surface area (Å²) in [6.45, 7) is 5.55. The minimum absolute atomic E-state index is 0.0946. The van der Waals surface area contributed by atoms with E-state index in [1.54, 1.807) is 24.3 Å². The Hall–Kier alpha value is -3.29. The maximum atomic E-state index is 11.7. The van der Waals surface area contributed by atoms with Gasteiger partial charge in [-0.3, -0.25) is 10.1 Å². The van der Waals surface area contributed by atoms with Gasteiger partial charge < -0.3 is 19.5 Å².